The highest BCUT2D eigenvalue weighted by Gasteiger charge is 2.33. The van der Waals surface area contributed by atoms with Crippen molar-refractivity contribution in [1.29, 1.82) is 0 Å². The van der Waals surface area contributed by atoms with Gasteiger partial charge in [0.1, 0.15) is 0 Å². The molecule has 4 rings (SSSR count). The summed E-state index contributed by atoms with van der Waals surface area (Å²) in [6, 6.07) is 12.3. The van der Waals surface area contributed by atoms with E-state index < -0.39 is 10.0 Å². The molecule has 1 N–H and O–H groups in total. The Morgan fingerprint density at radius 3 is 2.57 bits per heavy atom. The van der Waals surface area contributed by atoms with Crippen molar-refractivity contribution in [2.75, 3.05) is 37.0 Å². The first-order valence-electron chi connectivity index (χ1n) is 10.7. The van der Waals surface area contributed by atoms with Crippen LogP contribution in [0.5, 0.6) is 0 Å². The van der Waals surface area contributed by atoms with E-state index in [1.165, 1.54) is 23.6 Å². The van der Waals surface area contributed by atoms with Crippen LogP contribution in [0.4, 0.5) is 5.69 Å². The van der Waals surface area contributed by atoms with Crippen LogP contribution in [-0.4, -0.2) is 51.9 Å². The molecule has 2 aromatic carbocycles. The van der Waals surface area contributed by atoms with Crippen molar-refractivity contribution < 1.29 is 13.2 Å². The van der Waals surface area contributed by atoms with Gasteiger partial charge in [-0.1, -0.05) is 24.6 Å². The number of piperidine rings is 1. The van der Waals surface area contributed by atoms with Gasteiger partial charge in [0, 0.05) is 25.2 Å². The lowest BCUT2D eigenvalue weighted by Crippen LogP contribution is -2.37. The molecule has 2 aliphatic rings. The number of nitrogens with zero attached hydrogens (tertiary/aromatic N) is 2. The summed E-state index contributed by atoms with van der Waals surface area (Å²) in [4.78, 5) is 15.5. The first-order chi connectivity index (χ1) is 14.5. The van der Waals surface area contributed by atoms with E-state index in [-0.39, 0.29) is 10.8 Å². The molecule has 2 heterocycles. The van der Waals surface area contributed by atoms with Gasteiger partial charge in [0.15, 0.2) is 0 Å². The Balaban J connectivity index is 1.49. The summed E-state index contributed by atoms with van der Waals surface area (Å²) >= 11 is 0. The van der Waals surface area contributed by atoms with E-state index in [0.717, 1.165) is 30.8 Å². The standard InChI is InChI=1S/C23H29N3O3S/c1-18-7-5-8-19(17-18)30(28,29)26-15-11-20-21(9-6-10-22(20)26)23(27)24-12-16-25-13-3-2-4-14-25/h5-10,17H,2-4,11-16H2,1H3,(H,24,27). The largest absolute Gasteiger partial charge is 0.351 e. The van der Waals surface area contributed by atoms with E-state index in [9.17, 15) is 13.2 Å². The third-order valence-electron chi connectivity index (χ3n) is 5.97. The van der Waals surface area contributed by atoms with Gasteiger partial charge in [-0.2, -0.15) is 0 Å². The lowest BCUT2D eigenvalue weighted by Gasteiger charge is -2.26. The maximum atomic E-state index is 13.2. The van der Waals surface area contributed by atoms with Crippen LogP contribution in [0, 0.1) is 6.92 Å². The highest BCUT2D eigenvalue weighted by molar-refractivity contribution is 7.92. The molecule has 0 spiro atoms. The molecule has 1 fully saturated rings. The van der Waals surface area contributed by atoms with Crippen LogP contribution in [0.15, 0.2) is 47.4 Å². The molecular weight excluding hydrogens is 398 g/mol. The predicted molar refractivity (Wildman–Crippen MR) is 118 cm³/mol. The summed E-state index contributed by atoms with van der Waals surface area (Å²) in [5, 5.41) is 3.02. The molecule has 0 unspecified atom stereocenters. The third-order valence-corrected chi connectivity index (χ3v) is 7.78. The lowest BCUT2D eigenvalue weighted by molar-refractivity contribution is 0.0946. The van der Waals surface area contributed by atoms with Gasteiger partial charge in [-0.15, -0.1) is 0 Å². The van der Waals surface area contributed by atoms with Gasteiger partial charge in [-0.05, 0) is 74.7 Å². The molecule has 0 aliphatic carbocycles. The van der Waals surface area contributed by atoms with Crippen molar-refractivity contribution in [2.45, 2.75) is 37.5 Å². The van der Waals surface area contributed by atoms with Crippen molar-refractivity contribution in [3.63, 3.8) is 0 Å². The predicted octanol–water partition coefficient (Wildman–Crippen LogP) is 2.96. The molecule has 0 bridgehead atoms. The Hall–Kier alpha value is -2.38. The van der Waals surface area contributed by atoms with E-state index in [1.807, 2.05) is 13.0 Å². The highest BCUT2D eigenvalue weighted by atomic mass is 32.2. The summed E-state index contributed by atoms with van der Waals surface area (Å²) < 4.78 is 27.8. The Labute approximate surface area is 178 Å². The fourth-order valence-electron chi connectivity index (χ4n) is 4.38. The number of fused-ring (bicyclic) bond motifs is 1. The first-order valence-corrected chi connectivity index (χ1v) is 12.1. The molecule has 0 aromatic heterocycles. The van der Waals surface area contributed by atoms with Gasteiger partial charge in [0.05, 0.1) is 10.6 Å². The number of anilines is 1. The van der Waals surface area contributed by atoms with E-state index in [1.54, 1.807) is 36.4 Å². The summed E-state index contributed by atoms with van der Waals surface area (Å²) in [5.74, 6) is -0.126. The average Bonchev–Trinajstić information content (AvgIpc) is 3.19. The topological polar surface area (TPSA) is 69.7 Å². The van der Waals surface area contributed by atoms with Crippen LogP contribution in [0.2, 0.25) is 0 Å². The fourth-order valence-corrected chi connectivity index (χ4v) is 5.98. The number of carbonyl (C=O) groups is 1. The Morgan fingerprint density at radius 2 is 1.80 bits per heavy atom. The molecule has 0 radical (unpaired) electrons. The zero-order chi connectivity index (χ0) is 21.1. The second-order valence-corrected chi connectivity index (χ2v) is 9.97. The number of nitrogens with one attached hydrogen (secondary N) is 1. The SMILES string of the molecule is Cc1cccc(S(=O)(=O)N2CCc3c(C(=O)NCCN4CCCCC4)cccc32)c1. The zero-order valence-electron chi connectivity index (χ0n) is 17.4. The summed E-state index contributed by atoms with van der Waals surface area (Å²) in [6.07, 6.45) is 4.29. The second-order valence-electron chi connectivity index (χ2n) is 8.11. The van der Waals surface area contributed by atoms with Crippen molar-refractivity contribution in [3.05, 3.63) is 59.2 Å². The van der Waals surface area contributed by atoms with Crippen LogP contribution in [-0.2, 0) is 16.4 Å². The van der Waals surface area contributed by atoms with E-state index >= 15 is 0 Å². The molecule has 6 nitrogen and oxygen atoms in total. The number of sulfonamides is 1. The third kappa shape index (κ3) is 4.23. The van der Waals surface area contributed by atoms with Crippen molar-refractivity contribution >= 4 is 21.6 Å². The van der Waals surface area contributed by atoms with Gasteiger partial charge in [-0.3, -0.25) is 9.10 Å². The van der Waals surface area contributed by atoms with Gasteiger partial charge < -0.3 is 10.2 Å². The molecule has 160 valence electrons. The van der Waals surface area contributed by atoms with Crippen LogP contribution >= 0.6 is 0 Å². The minimum absolute atomic E-state index is 0.126. The first kappa shape index (κ1) is 20.9. The van der Waals surface area contributed by atoms with Gasteiger partial charge >= 0.3 is 0 Å². The van der Waals surface area contributed by atoms with Crippen LogP contribution in [0.25, 0.3) is 0 Å². The monoisotopic (exact) mass is 427 g/mol. The van der Waals surface area contributed by atoms with Crippen molar-refractivity contribution in [1.82, 2.24) is 10.2 Å². The number of aryl methyl sites for hydroxylation is 1. The maximum absolute atomic E-state index is 13.2. The Morgan fingerprint density at radius 1 is 1.03 bits per heavy atom. The second kappa shape index (κ2) is 8.78. The van der Waals surface area contributed by atoms with Crippen molar-refractivity contribution in [3.8, 4) is 0 Å². The number of benzene rings is 2. The lowest BCUT2D eigenvalue weighted by atomic mass is 10.0. The van der Waals surface area contributed by atoms with Gasteiger partial charge in [-0.25, -0.2) is 8.42 Å². The number of amides is 1. The van der Waals surface area contributed by atoms with E-state index in [0.29, 0.717) is 30.8 Å². The van der Waals surface area contributed by atoms with Crippen molar-refractivity contribution in [2.24, 2.45) is 0 Å². The number of likely N-dealkylation sites (tertiary alicyclic amines) is 1. The molecule has 0 atom stereocenters. The Kier molecular flexibility index (Phi) is 6.11. The maximum Gasteiger partial charge on any atom is 0.264 e. The van der Waals surface area contributed by atoms with E-state index in [2.05, 4.69) is 10.2 Å². The van der Waals surface area contributed by atoms with E-state index in [4.69, 9.17) is 0 Å². The number of hydrogen-bond acceptors (Lipinski definition) is 4. The van der Waals surface area contributed by atoms with Gasteiger partial charge in [0.2, 0.25) is 0 Å². The average molecular weight is 428 g/mol. The quantitative estimate of drug-likeness (QED) is 0.770. The Bertz CT molecular complexity index is 1030. The van der Waals surface area contributed by atoms with Crippen LogP contribution < -0.4 is 9.62 Å². The normalized spacial score (nSPS) is 17.0. The summed E-state index contributed by atoms with van der Waals surface area (Å²) in [7, 11) is -3.65. The molecule has 1 saturated heterocycles. The number of rotatable bonds is 6. The summed E-state index contributed by atoms with van der Waals surface area (Å²) in [6.45, 7) is 5.89. The fraction of sp³-hybridized carbons (Fsp3) is 0.435. The number of hydrogen-bond donors (Lipinski definition) is 1. The molecule has 7 heteroatoms. The minimum Gasteiger partial charge on any atom is -0.351 e. The van der Waals surface area contributed by atoms with Gasteiger partial charge in [0.25, 0.3) is 15.9 Å². The molecule has 2 aromatic rings. The van der Waals surface area contributed by atoms with Crippen LogP contribution in [0.3, 0.4) is 0 Å². The number of carbonyl (C=O) groups excluding carboxylic acids is 1. The smallest absolute Gasteiger partial charge is 0.264 e. The zero-order valence-corrected chi connectivity index (χ0v) is 18.2. The highest BCUT2D eigenvalue weighted by Crippen LogP contribution is 2.35. The van der Waals surface area contributed by atoms with Crippen LogP contribution in [0.1, 0.15) is 40.7 Å². The minimum atomic E-state index is -3.65. The molecule has 2 aliphatic heterocycles. The molecule has 1 amide bonds. The summed E-state index contributed by atoms with van der Waals surface area (Å²) in [5.41, 5.74) is 2.90. The molecular formula is C23H29N3O3S. The molecule has 30 heavy (non-hydrogen) atoms. The molecule has 0 saturated carbocycles.